The molecule has 92 valence electrons. The number of thiazole rings is 1. The zero-order chi connectivity index (χ0) is 13.0. The fraction of sp³-hybridized carbons (Fsp3) is 0.0833. The fourth-order valence-corrected chi connectivity index (χ4v) is 1.86. The van der Waals surface area contributed by atoms with Crippen LogP contribution in [0.5, 0.6) is 0 Å². The predicted octanol–water partition coefficient (Wildman–Crippen LogP) is 1.26. The average Bonchev–Trinajstić information content (AvgIpc) is 2.76. The number of aromatic carboxylic acids is 1. The number of hydrazone groups is 1. The van der Waals surface area contributed by atoms with Crippen molar-refractivity contribution in [3.8, 4) is 0 Å². The van der Waals surface area contributed by atoms with Crippen molar-refractivity contribution in [2.75, 3.05) is 5.43 Å². The third-order valence-corrected chi connectivity index (χ3v) is 2.94. The van der Waals surface area contributed by atoms with Crippen LogP contribution in [0.2, 0.25) is 0 Å². The second-order valence-electron chi connectivity index (χ2n) is 3.53. The molecule has 5 nitrogen and oxygen atoms in total. The summed E-state index contributed by atoms with van der Waals surface area (Å²) in [4.78, 5) is 14.8. The summed E-state index contributed by atoms with van der Waals surface area (Å²) in [5.74, 6) is -1.19. The van der Waals surface area contributed by atoms with E-state index in [1.807, 2.05) is 12.3 Å². The first kappa shape index (κ1) is 12.3. The summed E-state index contributed by atoms with van der Waals surface area (Å²) < 4.78 is 0. The molecule has 1 aromatic carbocycles. The van der Waals surface area contributed by atoms with Gasteiger partial charge in [-0.05, 0) is 24.6 Å². The third kappa shape index (κ3) is 3.14. The Balaban J connectivity index is 1.98. The molecular formula is C12H10N3O2S-. The van der Waals surface area contributed by atoms with Gasteiger partial charge < -0.3 is 9.90 Å². The maximum Gasteiger partial charge on any atom is 0.0942 e. The van der Waals surface area contributed by atoms with Crippen molar-refractivity contribution < 1.29 is 9.90 Å². The Morgan fingerprint density at radius 1 is 1.44 bits per heavy atom. The quantitative estimate of drug-likeness (QED) is 0.663. The topological polar surface area (TPSA) is 77.4 Å². The van der Waals surface area contributed by atoms with Crippen LogP contribution in [-0.4, -0.2) is 17.2 Å². The molecule has 0 spiro atoms. The lowest BCUT2D eigenvalue weighted by molar-refractivity contribution is -0.255. The van der Waals surface area contributed by atoms with Crippen molar-refractivity contribution in [2.24, 2.45) is 5.10 Å². The highest BCUT2D eigenvalue weighted by Crippen LogP contribution is 2.09. The Bertz CT molecular complexity index is 575. The van der Waals surface area contributed by atoms with E-state index in [2.05, 4.69) is 15.5 Å². The zero-order valence-electron chi connectivity index (χ0n) is 9.58. The van der Waals surface area contributed by atoms with Gasteiger partial charge in [-0.2, -0.15) is 5.10 Å². The van der Waals surface area contributed by atoms with E-state index < -0.39 is 5.97 Å². The third-order valence-electron chi connectivity index (χ3n) is 2.15. The molecule has 2 aromatic rings. The number of carbonyl (C=O) groups is 1. The number of carboxylic acids is 1. The number of carboxylic acid groups (broad SMARTS) is 1. The van der Waals surface area contributed by atoms with Gasteiger partial charge >= 0.3 is 0 Å². The van der Waals surface area contributed by atoms with Crippen molar-refractivity contribution in [1.29, 1.82) is 0 Å². The van der Waals surface area contributed by atoms with Crippen molar-refractivity contribution >= 4 is 29.2 Å². The number of nitrogens with one attached hydrogen (secondary N) is 1. The van der Waals surface area contributed by atoms with Gasteiger partial charge in [-0.15, -0.1) is 11.3 Å². The number of aromatic nitrogens is 1. The van der Waals surface area contributed by atoms with E-state index in [9.17, 15) is 9.90 Å². The number of aryl methyl sites for hydroxylation is 1. The van der Waals surface area contributed by atoms with Crippen molar-refractivity contribution in [3.05, 3.63) is 45.9 Å². The molecule has 1 N–H and O–H groups in total. The number of hydrogen-bond donors (Lipinski definition) is 1. The first-order valence-corrected chi connectivity index (χ1v) is 6.06. The minimum Gasteiger partial charge on any atom is -0.545 e. The number of anilines is 1. The first-order valence-electron chi connectivity index (χ1n) is 5.18. The fourth-order valence-electron chi connectivity index (χ4n) is 1.29. The standard InChI is InChI=1S/C12H11N3O2S/c1-8-14-11(7-18-8)6-13-15-10-4-2-9(3-5-10)12(16)17/h2-7,15H,1H3,(H,16,17)/p-1/b13-6-. The van der Waals surface area contributed by atoms with E-state index in [0.29, 0.717) is 5.69 Å². The summed E-state index contributed by atoms with van der Waals surface area (Å²) in [6.07, 6.45) is 1.61. The number of hydrogen-bond acceptors (Lipinski definition) is 6. The molecule has 0 saturated heterocycles. The molecule has 1 aromatic heterocycles. The highest BCUT2D eigenvalue weighted by molar-refractivity contribution is 7.09. The molecule has 0 fully saturated rings. The second kappa shape index (κ2) is 5.42. The van der Waals surface area contributed by atoms with Crippen LogP contribution >= 0.6 is 11.3 Å². The van der Waals surface area contributed by atoms with E-state index in [0.717, 1.165) is 10.7 Å². The SMILES string of the molecule is Cc1nc(/C=N\Nc2ccc(C(=O)[O-])cc2)cs1. The molecule has 0 aliphatic rings. The molecule has 18 heavy (non-hydrogen) atoms. The van der Waals surface area contributed by atoms with Gasteiger partial charge in [0, 0.05) is 5.38 Å². The van der Waals surface area contributed by atoms with Crippen LogP contribution in [0, 0.1) is 6.92 Å². The van der Waals surface area contributed by atoms with Gasteiger partial charge in [0.1, 0.15) is 0 Å². The lowest BCUT2D eigenvalue weighted by atomic mass is 10.2. The van der Waals surface area contributed by atoms with E-state index in [1.165, 1.54) is 12.1 Å². The summed E-state index contributed by atoms with van der Waals surface area (Å²) >= 11 is 1.55. The Kier molecular flexibility index (Phi) is 3.69. The average molecular weight is 260 g/mol. The number of rotatable bonds is 4. The number of nitrogens with zero attached hydrogens (tertiary/aromatic N) is 2. The van der Waals surface area contributed by atoms with E-state index in [-0.39, 0.29) is 5.56 Å². The molecule has 0 saturated carbocycles. The largest absolute Gasteiger partial charge is 0.545 e. The Morgan fingerprint density at radius 2 is 2.17 bits per heavy atom. The minimum atomic E-state index is -1.19. The van der Waals surface area contributed by atoms with E-state index in [1.54, 1.807) is 29.7 Å². The van der Waals surface area contributed by atoms with Crippen LogP contribution in [0.1, 0.15) is 21.1 Å². The van der Waals surface area contributed by atoms with Crippen molar-refractivity contribution in [3.63, 3.8) is 0 Å². The summed E-state index contributed by atoms with van der Waals surface area (Å²) in [6.45, 7) is 1.92. The normalized spacial score (nSPS) is 10.7. The molecule has 0 radical (unpaired) electrons. The van der Waals surface area contributed by atoms with Crippen molar-refractivity contribution in [1.82, 2.24) is 4.98 Å². The van der Waals surface area contributed by atoms with Gasteiger partial charge in [0.05, 0.1) is 28.6 Å². The highest BCUT2D eigenvalue weighted by Gasteiger charge is 1.95. The van der Waals surface area contributed by atoms with Crippen LogP contribution in [-0.2, 0) is 0 Å². The molecule has 0 atom stereocenters. The van der Waals surface area contributed by atoms with Crippen LogP contribution in [0.3, 0.4) is 0 Å². The maximum atomic E-state index is 10.5. The number of benzene rings is 1. The lowest BCUT2D eigenvalue weighted by Gasteiger charge is -2.03. The molecule has 6 heteroatoms. The lowest BCUT2D eigenvalue weighted by Crippen LogP contribution is -2.21. The van der Waals surface area contributed by atoms with Crippen molar-refractivity contribution in [2.45, 2.75) is 6.92 Å². The molecule has 0 aliphatic carbocycles. The first-order chi connectivity index (χ1) is 8.65. The minimum absolute atomic E-state index is 0.139. The van der Waals surface area contributed by atoms with Gasteiger partial charge in [0.15, 0.2) is 0 Å². The van der Waals surface area contributed by atoms with Crippen LogP contribution < -0.4 is 10.5 Å². The van der Waals surface area contributed by atoms with Crippen LogP contribution in [0.4, 0.5) is 5.69 Å². The molecule has 0 aliphatic heterocycles. The summed E-state index contributed by atoms with van der Waals surface area (Å²) in [7, 11) is 0. The smallest absolute Gasteiger partial charge is 0.0942 e. The van der Waals surface area contributed by atoms with E-state index in [4.69, 9.17) is 0 Å². The van der Waals surface area contributed by atoms with Gasteiger partial charge in [0.25, 0.3) is 0 Å². The molecule has 0 unspecified atom stereocenters. The zero-order valence-corrected chi connectivity index (χ0v) is 10.4. The number of carbonyl (C=O) groups excluding carboxylic acids is 1. The second-order valence-corrected chi connectivity index (χ2v) is 4.59. The summed E-state index contributed by atoms with van der Waals surface area (Å²) in [5, 5.41) is 17.4. The molecule has 0 amide bonds. The predicted molar refractivity (Wildman–Crippen MR) is 68.8 cm³/mol. The van der Waals surface area contributed by atoms with Gasteiger partial charge in [-0.1, -0.05) is 12.1 Å². The van der Waals surface area contributed by atoms with Crippen LogP contribution in [0.15, 0.2) is 34.7 Å². The Hall–Kier alpha value is -2.21. The van der Waals surface area contributed by atoms with E-state index >= 15 is 0 Å². The monoisotopic (exact) mass is 260 g/mol. The summed E-state index contributed by atoms with van der Waals surface area (Å²) in [6, 6.07) is 6.16. The Labute approximate surface area is 108 Å². The maximum absolute atomic E-state index is 10.5. The molecule has 2 rings (SSSR count). The molecular weight excluding hydrogens is 250 g/mol. The summed E-state index contributed by atoms with van der Waals surface area (Å²) in [5.41, 5.74) is 4.41. The van der Waals surface area contributed by atoms with Gasteiger partial charge in [-0.25, -0.2) is 4.98 Å². The molecule has 0 bridgehead atoms. The highest BCUT2D eigenvalue weighted by atomic mass is 32.1. The van der Waals surface area contributed by atoms with Gasteiger partial charge in [-0.3, -0.25) is 5.43 Å². The van der Waals surface area contributed by atoms with Crippen LogP contribution in [0.25, 0.3) is 0 Å². The Morgan fingerprint density at radius 3 is 2.72 bits per heavy atom. The molecule has 1 heterocycles. The van der Waals surface area contributed by atoms with Gasteiger partial charge in [0.2, 0.25) is 0 Å².